The zero-order chi connectivity index (χ0) is 19.5. The Hall–Kier alpha value is -3.00. The number of benzene rings is 1. The van der Waals surface area contributed by atoms with E-state index in [2.05, 4.69) is 25.2 Å². The van der Waals surface area contributed by atoms with Crippen LogP contribution < -0.4 is 15.0 Å². The molecule has 0 bridgehead atoms. The van der Waals surface area contributed by atoms with Crippen LogP contribution in [-0.2, 0) is 11.2 Å². The van der Waals surface area contributed by atoms with Crippen molar-refractivity contribution in [1.29, 1.82) is 0 Å². The third-order valence-electron chi connectivity index (χ3n) is 4.73. The van der Waals surface area contributed by atoms with Gasteiger partial charge in [0, 0.05) is 19.2 Å². The summed E-state index contributed by atoms with van der Waals surface area (Å²) >= 11 is 0. The van der Waals surface area contributed by atoms with E-state index in [0.29, 0.717) is 53.6 Å². The highest BCUT2D eigenvalue weighted by molar-refractivity contribution is 5.75. The molecule has 2 aromatic heterocycles. The van der Waals surface area contributed by atoms with Gasteiger partial charge < -0.3 is 19.7 Å². The maximum Gasteiger partial charge on any atom is 0.182 e. The Morgan fingerprint density at radius 2 is 2.04 bits per heavy atom. The molecule has 1 aliphatic rings. The lowest BCUT2D eigenvalue weighted by molar-refractivity contribution is 0.122. The molecule has 0 radical (unpaired) electrons. The number of aromatic nitrogens is 3. The number of nitrogens with zero attached hydrogens (tertiary/aromatic N) is 4. The Morgan fingerprint density at radius 1 is 1.21 bits per heavy atom. The van der Waals surface area contributed by atoms with Crippen LogP contribution in [0.25, 0.3) is 11.2 Å². The molecule has 3 aromatic rings. The maximum absolute atomic E-state index is 14.7. The number of rotatable bonds is 5. The summed E-state index contributed by atoms with van der Waals surface area (Å²) in [6, 6.07) is 6.90. The van der Waals surface area contributed by atoms with Crippen molar-refractivity contribution in [3.8, 4) is 5.75 Å². The number of fused-ring (bicyclic) bond motifs is 1. The van der Waals surface area contributed by atoms with Gasteiger partial charge in [0.15, 0.2) is 5.65 Å². The number of morpholine rings is 1. The number of halogens is 1. The molecule has 146 valence electrons. The lowest BCUT2D eigenvalue weighted by Gasteiger charge is -2.27. The van der Waals surface area contributed by atoms with Crippen molar-refractivity contribution < 1.29 is 13.9 Å². The molecule has 1 N–H and O–H groups in total. The number of anilines is 3. The molecular weight excluding hydrogens is 361 g/mol. The van der Waals surface area contributed by atoms with Gasteiger partial charge >= 0.3 is 0 Å². The average Bonchev–Trinajstić information content (AvgIpc) is 2.75. The third kappa shape index (κ3) is 3.68. The van der Waals surface area contributed by atoms with Gasteiger partial charge in [-0.3, -0.25) is 0 Å². The molecule has 1 fully saturated rings. The number of pyridine rings is 1. The van der Waals surface area contributed by atoms with Crippen molar-refractivity contribution in [2.24, 2.45) is 0 Å². The van der Waals surface area contributed by atoms with Gasteiger partial charge in [0.1, 0.15) is 28.7 Å². The number of nitrogens with one attached hydrogen (secondary N) is 1. The quantitative estimate of drug-likeness (QED) is 0.725. The van der Waals surface area contributed by atoms with Crippen LogP contribution in [0.4, 0.5) is 21.7 Å². The van der Waals surface area contributed by atoms with Crippen LogP contribution >= 0.6 is 0 Å². The molecule has 1 aromatic carbocycles. The minimum Gasteiger partial charge on any atom is -0.497 e. The fourth-order valence-electron chi connectivity index (χ4n) is 3.16. The van der Waals surface area contributed by atoms with E-state index in [0.717, 1.165) is 18.9 Å². The van der Waals surface area contributed by atoms with Crippen LogP contribution in [0, 0.1) is 5.82 Å². The van der Waals surface area contributed by atoms with E-state index in [9.17, 15) is 4.39 Å². The van der Waals surface area contributed by atoms with Crippen molar-refractivity contribution in [1.82, 2.24) is 15.0 Å². The molecule has 28 heavy (non-hydrogen) atoms. The van der Waals surface area contributed by atoms with Gasteiger partial charge in [-0.2, -0.15) is 0 Å². The first-order valence-corrected chi connectivity index (χ1v) is 9.28. The Labute approximate surface area is 162 Å². The van der Waals surface area contributed by atoms with Crippen LogP contribution in [-0.4, -0.2) is 48.4 Å². The smallest absolute Gasteiger partial charge is 0.182 e. The molecule has 3 heterocycles. The van der Waals surface area contributed by atoms with Gasteiger partial charge in [-0.25, -0.2) is 19.3 Å². The molecule has 8 heteroatoms. The second-order valence-corrected chi connectivity index (χ2v) is 6.49. The number of hydrogen-bond donors (Lipinski definition) is 1. The molecular formula is C20H22FN5O2. The zero-order valence-corrected chi connectivity index (χ0v) is 15.9. The van der Waals surface area contributed by atoms with Gasteiger partial charge in [0.25, 0.3) is 0 Å². The molecule has 0 aliphatic carbocycles. The maximum atomic E-state index is 14.7. The van der Waals surface area contributed by atoms with Gasteiger partial charge in [0.2, 0.25) is 0 Å². The Kier molecular flexibility index (Phi) is 5.21. The molecule has 7 nitrogen and oxygen atoms in total. The summed E-state index contributed by atoms with van der Waals surface area (Å²) in [6.45, 7) is 4.78. The highest BCUT2D eigenvalue weighted by Gasteiger charge is 2.15. The third-order valence-corrected chi connectivity index (χ3v) is 4.73. The van der Waals surface area contributed by atoms with E-state index in [1.165, 1.54) is 0 Å². The summed E-state index contributed by atoms with van der Waals surface area (Å²) in [5, 5.41) is 3.05. The van der Waals surface area contributed by atoms with E-state index in [-0.39, 0.29) is 5.82 Å². The van der Waals surface area contributed by atoms with Crippen molar-refractivity contribution in [3.05, 3.63) is 41.8 Å². The van der Waals surface area contributed by atoms with Gasteiger partial charge in [-0.15, -0.1) is 0 Å². The van der Waals surface area contributed by atoms with Crippen LogP contribution in [0.1, 0.15) is 12.5 Å². The fourth-order valence-corrected chi connectivity index (χ4v) is 3.16. The molecule has 1 aliphatic heterocycles. The summed E-state index contributed by atoms with van der Waals surface area (Å²) in [4.78, 5) is 15.7. The normalized spacial score (nSPS) is 14.3. The first-order chi connectivity index (χ1) is 13.7. The topological polar surface area (TPSA) is 72.4 Å². The Bertz CT molecular complexity index is 992. The molecule has 1 saturated heterocycles. The minimum atomic E-state index is -0.307. The average molecular weight is 383 g/mol. The van der Waals surface area contributed by atoms with Crippen molar-refractivity contribution >= 4 is 28.5 Å². The van der Waals surface area contributed by atoms with Crippen molar-refractivity contribution in [3.63, 3.8) is 0 Å². The van der Waals surface area contributed by atoms with Gasteiger partial charge in [-0.1, -0.05) is 6.92 Å². The molecule has 0 spiro atoms. The Balaban J connectivity index is 1.66. The van der Waals surface area contributed by atoms with Crippen LogP contribution in [0.5, 0.6) is 5.75 Å². The molecule has 0 atom stereocenters. The predicted octanol–water partition coefficient (Wildman–Crippen LogP) is 3.32. The summed E-state index contributed by atoms with van der Waals surface area (Å²) in [7, 11) is 1.56. The van der Waals surface area contributed by atoms with Gasteiger partial charge in [0.05, 0.1) is 32.2 Å². The van der Waals surface area contributed by atoms with E-state index < -0.39 is 0 Å². The van der Waals surface area contributed by atoms with E-state index in [1.807, 2.05) is 13.0 Å². The summed E-state index contributed by atoms with van der Waals surface area (Å²) in [5.74, 6) is 1.55. The van der Waals surface area contributed by atoms with Crippen molar-refractivity contribution in [2.75, 3.05) is 43.6 Å². The number of aryl methyl sites for hydroxylation is 1. The predicted molar refractivity (Wildman–Crippen MR) is 106 cm³/mol. The van der Waals surface area contributed by atoms with Crippen molar-refractivity contribution in [2.45, 2.75) is 13.3 Å². The summed E-state index contributed by atoms with van der Waals surface area (Å²) < 4.78 is 25.4. The summed E-state index contributed by atoms with van der Waals surface area (Å²) in [6.07, 6.45) is 2.31. The lowest BCUT2D eigenvalue weighted by atomic mass is 10.1. The van der Waals surface area contributed by atoms with E-state index >= 15 is 0 Å². The lowest BCUT2D eigenvalue weighted by Crippen LogP contribution is -2.36. The van der Waals surface area contributed by atoms with Gasteiger partial charge in [-0.05, 0) is 30.2 Å². The van der Waals surface area contributed by atoms with E-state index in [4.69, 9.17) is 9.47 Å². The largest absolute Gasteiger partial charge is 0.497 e. The zero-order valence-electron chi connectivity index (χ0n) is 15.9. The number of methoxy groups -OCH3 is 1. The van der Waals surface area contributed by atoms with Crippen LogP contribution in [0.3, 0.4) is 0 Å². The molecule has 0 unspecified atom stereocenters. The highest BCUT2D eigenvalue weighted by atomic mass is 19.1. The number of ether oxygens (including phenoxy) is 2. The monoisotopic (exact) mass is 383 g/mol. The second-order valence-electron chi connectivity index (χ2n) is 6.49. The van der Waals surface area contributed by atoms with E-state index in [1.54, 1.807) is 31.5 Å². The standard InChI is InChI=1S/C20H22FN5O2/c1-3-13-10-14(27-2)11-16(19(13)21)23-17-5-4-15-20(24-17)25-18(12-22-15)26-6-8-28-9-7-26/h4-5,10-12H,3,6-9H2,1-2H3,(H,23,24,25). The highest BCUT2D eigenvalue weighted by Crippen LogP contribution is 2.28. The first kappa shape index (κ1) is 18.4. The fraction of sp³-hybridized carbons (Fsp3) is 0.350. The summed E-state index contributed by atoms with van der Waals surface area (Å²) in [5.41, 5.74) is 2.09. The molecule has 0 amide bonds. The molecule has 0 saturated carbocycles. The SMILES string of the molecule is CCc1cc(OC)cc(Nc2ccc3ncc(N4CCOCC4)nc3n2)c1F. The van der Waals surface area contributed by atoms with Crippen LogP contribution in [0.15, 0.2) is 30.5 Å². The van der Waals surface area contributed by atoms with Crippen LogP contribution in [0.2, 0.25) is 0 Å². The second kappa shape index (κ2) is 7.93. The first-order valence-electron chi connectivity index (χ1n) is 9.28. The minimum absolute atomic E-state index is 0.307. The molecule has 4 rings (SSSR count). The Morgan fingerprint density at radius 3 is 2.79 bits per heavy atom. The number of hydrogen-bond acceptors (Lipinski definition) is 7.